The zero-order valence-corrected chi connectivity index (χ0v) is 15.0. The van der Waals surface area contributed by atoms with E-state index in [1.807, 2.05) is 0 Å². The normalized spacial score (nSPS) is 25.0. The fraction of sp³-hybridized carbons (Fsp3) is 0.588. The van der Waals surface area contributed by atoms with Gasteiger partial charge in [0.2, 0.25) is 0 Å². The molecule has 1 amide bonds. The number of likely N-dealkylation sites (tertiary alicyclic amines) is 2. The van der Waals surface area contributed by atoms with Crippen LogP contribution >= 0.6 is 23.2 Å². The highest BCUT2D eigenvalue weighted by Gasteiger charge is 2.37. The van der Waals surface area contributed by atoms with Crippen molar-refractivity contribution in [1.82, 2.24) is 9.80 Å². The zero-order valence-electron chi connectivity index (χ0n) is 13.5. The number of carbonyl (C=O) groups excluding carboxylic acids is 1. The van der Waals surface area contributed by atoms with Gasteiger partial charge in [-0.3, -0.25) is 9.69 Å². The third-order valence-electron chi connectivity index (χ3n) is 4.72. The highest BCUT2D eigenvalue weighted by Crippen LogP contribution is 2.27. The van der Waals surface area contributed by atoms with E-state index in [1.54, 1.807) is 23.1 Å². The first-order chi connectivity index (χ1) is 11.5. The van der Waals surface area contributed by atoms with Gasteiger partial charge in [-0.15, -0.1) is 0 Å². The number of hydrogen-bond acceptors (Lipinski definition) is 4. The second kappa shape index (κ2) is 7.91. The van der Waals surface area contributed by atoms with Crippen LogP contribution in [0.15, 0.2) is 18.2 Å². The van der Waals surface area contributed by atoms with Crippen LogP contribution in [-0.4, -0.2) is 65.7 Å². The number of aliphatic hydroxyl groups is 1. The summed E-state index contributed by atoms with van der Waals surface area (Å²) in [6.45, 7) is 2.82. The van der Waals surface area contributed by atoms with Crippen LogP contribution in [0, 0.1) is 0 Å². The fourth-order valence-corrected chi connectivity index (χ4v) is 3.87. The van der Waals surface area contributed by atoms with Crippen molar-refractivity contribution in [3.8, 4) is 5.75 Å². The summed E-state index contributed by atoms with van der Waals surface area (Å²) in [7, 11) is 0. The van der Waals surface area contributed by atoms with E-state index in [2.05, 4.69) is 4.90 Å². The topological polar surface area (TPSA) is 53.0 Å². The number of benzene rings is 1. The molecule has 7 heteroatoms. The summed E-state index contributed by atoms with van der Waals surface area (Å²) in [5, 5.41) is 11.2. The largest absolute Gasteiger partial charge is 0.482 e. The van der Waals surface area contributed by atoms with Gasteiger partial charge in [-0.25, -0.2) is 0 Å². The monoisotopic (exact) mass is 372 g/mol. The third kappa shape index (κ3) is 4.14. The number of carbonyl (C=O) groups is 1. The first-order valence-electron chi connectivity index (χ1n) is 8.32. The number of aliphatic hydroxyl groups excluding tert-OH is 1. The molecular weight excluding hydrogens is 351 g/mol. The van der Waals surface area contributed by atoms with Crippen LogP contribution in [0.2, 0.25) is 10.0 Å². The molecule has 0 radical (unpaired) electrons. The Kier molecular flexibility index (Phi) is 5.87. The Balaban J connectivity index is 1.53. The van der Waals surface area contributed by atoms with Gasteiger partial charge in [-0.05, 0) is 44.1 Å². The van der Waals surface area contributed by atoms with Crippen molar-refractivity contribution < 1.29 is 14.6 Å². The van der Waals surface area contributed by atoms with Gasteiger partial charge in [0.25, 0.3) is 5.91 Å². The summed E-state index contributed by atoms with van der Waals surface area (Å²) in [6.07, 6.45) is 3.08. The van der Waals surface area contributed by atoms with Crippen LogP contribution in [0.3, 0.4) is 0 Å². The van der Waals surface area contributed by atoms with Gasteiger partial charge in [0.15, 0.2) is 6.61 Å². The standard InChI is InChI=1S/C17H22Cl2N2O3/c18-12-4-5-16(13(19)8-12)24-11-17(23)21-9-14(15(22)10-21)20-6-2-1-3-7-20/h4-5,8,14-15,22H,1-3,6-7,9-11H2/t14-,15-/m1/s1. The highest BCUT2D eigenvalue weighted by molar-refractivity contribution is 6.35. The first-order valence-corrected chi connectivity index (χ1v) is 9.08. The molecule has 0 spiro atoms. The molecule has 5 nitrogen and oxygen atoms in total. The first kappa shape index (κ1) is 17.8. The number of ether oxygens (including phenoxy) is 1. The molecule has 1 aromatic carbocycles. The van der Waals surface area contributed by atoms with E-state index in [-0.39, 0.29) is 18.6 Å². The molecule has 1 aromatic rings. The molecule has 2 saturated heterocycles. The van der Waals surface area contributed by atoms with Crippen LogP contribution in [0.4, 0.5) is 0 Å². The Morgan fingerprint density at radius 2 is 1.96 bits per heavy atom. The summed E-state index contributed by atoms with van der Waals surface area (Å²) in [4.78, 5) is 16.4. The van der Waals surface area contributed by atoms with E-state index in [9.17, 15) is 9.90 Å². The lowest BCUT2D eigenvalue weighted by Gasteiger charge is -2.33. The lowest BCUT2D eigenvalue weighted by Crippen LogP contribution is -2.46. The minimum absolute atomic E-state index is 0.0355. The Morgan fingerprint density at radius 1 is 1.21 bits per heavy atom. The molecule has 1 N–H and O–H groups in total. The summed E-state index contributed by atoms with van der Waals surface area (Å²) in [5.74, 6) is 0.293. The minimum atomic E-state index is -0.494. The Bertz CT molecular complexity index is 593. The predicted octanol–water partition coefficient (Wildman–Crippen LogP) is 2.43. The smallest absolute Gasteiger partial charge is 0.260 e. The highest BCUT2D eigenvalue weighted by atomic mass is 35.5. The quantitative estimate of drug-likeness (QED) is 0.881. The van der Waals surface area contributed by atoms with E-state index in [1.165, 1.54) is 6.42 Å². The van der Waals surface area contributed by atoms with Crippen molar-refractivity contribution in [2.75, 3.05) is 32.8 Å². The molecule has 2 heterocycles. The third-order valence-corrected chi connectivity index (χ3v) is 5.25. The molecule has 0 bridgehead atoms. The summed E-state index contributed by atoms with van der Waals surface area (Å²) >= 11 is 11.9. The molecule has 0 unspecified atom stereocenters. The van der Waals surface area contributed by atoms with Crippen molar-refractivity contribution >= 4 is 29.1 Å². The van der Waals surface area contributed by atoms with Crippen LogP contribution in [-0.2, 0) is 4.79 Å². The molecule has 0 saturated carbocycles. The molecule has 2 aliphatic heterocycles. The Morgan fingerprint density at radius 3 is 2.67 bits per heavy atom. The van der Waals surface area contributed by atoms with Crippen molar-refractivity contribution in [2.24, 2.45) is 0 Å². The summed E-state index contributed by atoms with van der Waals surface area (Å²) < 4.78 is 5.50. The average molecular weight is 373 g/mol. The van der Waals surface area contributed by atoms with Gasteiger partial charge >= 0.3 is 0 Å². The zero-order chi connectivity index (χ0) is 17.1. The summed E-state index contributed by atoms with van der Waals surface area (Å²) in [5.41, 5.74) is 0. The molecule has 2 aliphatic rings. The average Bonchev–Trinajstić information content (AvgIpc) is 2.96. The molecule has 3 rings (SSSR count). The number of amides is 1. The van der Waals surface area contributed by atoms with Gasteiger partial charge in [0, 0.05) is 18.1 Å². The maximum absolute atomic E-state index is 12.4. The van der Waals surface area contributed by atoms with Crippen molar-refractivity contribution in [1.29, 1.82) is 0 Å². The predicted molar refractivity (Wildman–Crippen MR) is 93.8 cm³/mol. The van der Waals surface area contributed by atoms with Gasteiger partial charge in [0.1, 0.15) is 5.75 Å². The molecule has 24 heavy (non-hydrogen) atoms. The fourth-order valence-electron chi connectivity index (χ4n) is 3.40. The van der Waals surface area contributed by atoms with E-state index >= 15 is 0 Å². The molecule has 132 valence electrons. The molecule has 0 aliphatic carbocycles. The number of halogens is 2. The number of nitrogens with zero attached hydrogens (tertiary/aromatic N) is 2. The minimum Gasteiger partial charge on any atom is -0.482 e. The van der Waals surface area contributed by atoms with Gasteiger partial charge in [0.05, 0.1) is 17.2 Å². The van der Waals surface area contributed by atoms with Gasteiger partial charge < -0.3 is 14.7 Å². The maximum Gasteiger partial charge on any atom is 0.260 e. The molecule has 0 aromatic heterocycles. The van der Waals surface area contributed by atoms with E-state index in [0.717, 1.165) is 25.9 Å². The number of piperidine rings is 1. The van der Waals surface area contributed by atoms with Crippen LogP contribution in [0.5, 0.6) is 5.75 Å². The SMILES string of the molecule is O=C(COc1ccc(Cl)cc1Cl)N1C[C@@H](O)[C@H](N2CCCCC2)C1. The van der Waals surface area contributed by atoms with Gasteiger partial charge in [-0.2, -0.15) is 0 Å². The second-order valence-electron chi connectivity index (χ2n) is 6.39. The Hall–Kier alpha value is -1.01. The molecule has 2 atom stereocenters. The number of β-amino-alcohol motifs (C(OH)–C–C–N with tert-alkyl or cyclic N) is 1. The van der Waals surface area contributed by atoms with Crippen LogP contribution in [0.1, 0.15) is 19.3 Å². The molecule has 2 fully saturated rings. The van der Waals surface area contributed by atoms with Crippen molar-refractivity contribution in [2.45, 2.75) is 31.4 Å². The van der Waals surface area contributed by atoms with Crippen molar-refractivity contribution in [3.05, 3.63) is 28.2 Å². The maximum atomic E-state index is 12.4. The number of hydrogen-bond donors (Lipinski definition) is 1. The van der Waals surface area contributed by atoms with E-state index in [0.29, 0.717) is 28.9 Å². The summed E-state index contributed by atoms with van der Waals surface area (Å²) in [6, 6.07) is 4.93. The number of rotatable bonds is 4. The lowest BCUT2D eigenvalue weighted by atomic mass is 10.1. The van der Waals surface area contributed by atoms with Crippen LogP contribution < -0.4 is 4.74 Å². The van der Waals surface area contributed by atoms with E-state index in [4.69, 9.17) is 27.9 Å². The molecular formula is C17H22Cl2N2O3. The Labute approximate surface area is 152 Å². The van der Waals surface area contributed by atoms with Crippen LogP contribution in [0.25, 0.3) is 0 Å². The van der Waals surface area contributed by atoms with E-state index < -0.39 is 6.10 Å². The van der Waals surface area contributed by atoms with Crippen molar-refractivity contribution in [3.63, 3.8) is 0 Å². The second-order valence-corrected chi connectivity index (χ2v) is 7.24. The van der Waals surface area contributed by atoms with Gasteiger partial charge in [-0.1, -0.05) is 29.6 Å². The lowest BCUT2D eigenvalue weighted by molar-refractivity contribution is -0.132.